The van der Waals surface area contributed by atoms with Gasteiger partial charge in [0.05, 0.1) is 24.3 Å². The minimum absolute atomic E-state index is 0.0931. The molecule has 0 radical (unpaired) electrons. The summed E-state index contributed by atoms with van der Waals surface area (Å²) < 4.78 is 5.60. The van der Waals surface area contributed by atoms with Crippen LogP contribution in [0.25, 0.3) is 0 Å². The van der Waals surface area contributed by atoms with Crippen molar-refractivity contribution >= 4 is 5.91 Å². The Morgan fingerprint density at radius 3 is 2.62 bits per heavy atom. The van der Waals surface area contributed by atoms with Crippen LogP contribution in [-0.4, -0.2) is 43.2 Å². The summed E-state index contributed by atoms with van der Waals surface area (Å²) >= 11 is 0. The molecule has 2 N–H and O–H groups in total. The molecule has 1 amide bonds. The van der Waals surface area contributed by atoms with Crippen molar-refractivity contribution in [1.82, 2.24) is 15.8 Å². The van der Waals surface area contributed by atoms with E-state index >= 15 is 0 Å². The first-order chi connectivity index (χ1) is 15.5. The number of hydrogen-bond acceptors (Lipinski definition) is 5. The van der Waals surface area contributed by atoms with Gasteiger partial charge in [-0.1, -0.05) is 25.1 Å². The summed E-state index contributed by atoms with van der Waals surface area (Å²) in [5.74, 6) is 1.38. The highest BCUT2D eigenvalue weighted by Crippen LogP contribution is 2.36. The first kappa shape index (κ1) is 21.1. The molecule has 166 valence electrons. The molecule has 2 aromatic carbocycles. The Bertz CT molecular complexity index is 1030. The zero-order valence-corrected chi connectivity index (χ0v) is 18.7. The number of amides is 1. The number of aryl methyl sites for hydroxylation is 1. The van der Waals surface area contributed by atoms with Crippen LogP contribution >= 0.6 is 0 Å². The lowest BCUT2D eigenvalue weighted by Gasteiger charge is -2.39. The number of nitrogens with zero attached hydrogens (tertiary/aromatic N) is 2. The standard InChI is InChI=1S/C26H30N4O2/c1-16-3-6-20(11-23(16)25-17(2)24(28-29-25)21-9-10-32-15-21)26(31)30-13-22(14-30)19-7-4-18(12-27)5-8-19/h3-8,11,17,21-22,24-25,28-29H,9-10,13-15H2,1-2H3. The van der Waals surface area contributed by atoms with E-state index in [1.54, 1.807) is 0 Å². The van der Waals surface area contributed by atoms with Gasteiger partial charge in [0.15, 0.2) is 0 Å². The highest BCUT2D eigenvalue weighted by atomic mass is 16.5. The fourth-order valence-corrected chi connectivity index (χ4v) is 5.38. The highest BCUT2D eigenvalue weighted by molar-refractivity contribution is 5.95. The molecule has 0 spiro atoms. The number of nitrogens with one attached hydrogen (secondary N) is 2. The first-order valence-electron chi connectivity index (χ1n) is 11.5. The third-order valence-corrected chi connectivity index (χ3v) is 7.51. The van der Waals surface area contributed by atoms with Gasteiger partial charge >= 0.3 is 0 Å². The molecule has 0 aromatic heterocycles. The van der Waals surface area contributed by atoms with Crippen molar-refractivity contribution in [2.45, 2.75) is 38.3 Å². The van der Waals surface area contributed by atoms with Crippen molar-refractivity contribution in [2.24, 2.45) is 11.8 Å². The maximum atomic E-state index is 13.2. The largest absolute Gasteiger partial charge is 0.381 e. The van der Waals surface area contributed by atoms with E-state index in [2.05, 4.69) is 42.9 Å². The van der Waals surface area contributed by atoms with Crippen LogP contribution in [0, 0.1) is 30.1 Å². The molecule has 3 heterocycles. The summed E-state index contributed by atoms with van der Waals surface area (Å²) in [5.41, 5.74) is 12.0. The molecule has 0 saturated carbocycles. The van der Waals surface area contributed by atoms with Gasteiger partial charge in [-0.15, -0.1) is 0 Å². The second kappa shape index (κ2) is 8.67. The zero-order chi connectivity index (χ0) is 22.2. The number of benzene rings is 2. The Hall–Kier alpha value is -2.72. The molecule has 3 fully saturated rings. The number of carbonyl (C=O) groups is 1. The average Bonchev–Trinajstić information content (AvgIpc) is 3.43. The lowest BCUT2D eigenvalue weighted by molar-refractivity contribution is 0.0602. The Balaban J connectivity index is 1.27. The van der Waals surface area contributed by atoms with E-state index in [9.17, 15) is 4.79 Å². The molecule has 3 aliphatic rings. The molecule has 0 bridgehead atoms. The van der Waals surface area contributed by atoms with Gasteiger partial charge in [-0.2, -0.15) is 5.26 Å². The number of carbonyl (C=O) groups excluding carboxylic acids is 1. The normalized spacial score (nSPS) is 27.8. The van der Waals surface area contributed by atoms with Crippen molar-refractivity contribution in [3.05, 3.63) is 70.3 Å². The second-order valence-electron chi connectivity index (χ2n) is 9.49. The Morgan fingerprint density at radius 2 is 1.94 bits per heavy atom. The van der Waals surface area contributed by atoms with Crippen LogP contribution in [0.3, 0.4) is 0 Å². The fraction of sp³-hybridized carbons (Fsp3) is 0.462. The third-order valence-electron chi connectivity index (χ3n) is 7.51. The van der Waals surface area contributed by atoms with Gasteiger partial charge in [0.2, 0.25) is 0 Å². The van der Waals surface area contributed by atoms with E-state index in [1.165, 1.54) is 16.7 Å². The lowest BCUT2D eigenvalue weighted by Crippen LogP contribution is -2.48. The number of ether oxygens (including phenoxy) is 1. The van der Waals surface area contributed by atoms with Crippen LogP contribution in [-0.2, 0) is 4.74 Å². The molecule has 4 atom stereocenters. The molecule has 32 heavy (non-hydrogen) atoms. The first-order valence-corrected chi connectivity index (χ1v) is 11.5. The van der Waals surface area contributed by atoms with Gasteiger partial charge in [-0.25, -0.2) is 5.43 Å². The lowest BCUT2D eigenvalue weighted by atomic mass is 9.82. The zero-order valence-electron chi connectivity index (χ0n) is 18.7. The summed E-state index contributed by atoms with van der Waals surface area (Å²) in [6, 6.07) is 16.5. The molecule has 5 rings (SSSR count). The van der Waals surface area contributed by atoms with E-state index in [0.29, 0.717) is 29.4 Å². The minimum Gasteiger partial charge on any atom is -0.381 e. The van der Waals surface area contributed by atoms with Crippen molar-refractivity contribution in [1.29, 1.82) is 5.26 Å². The van der Waals surface area contributed by atoms with Crippen LogP contribution in [0.1, 0.15) is 57.9 Å². The average molecular weight is 431 g/mol. The summed E-state index contributed by atoms with van der Waals surface area (Å²) in [6.07, 6.45) is 1.10. The topological polar surface area (TPSA) is 77.4 Å². The molecular formula is C26H30N4O2. The summed E-state index contributed by atoms with van der Waals surface area (Å²) in [5, 5.41) is 8.97. The summed E-state index contributed by atoms with van der Waals surface area (Å²) in [7, 11) is 0. The number of hydrogen-bond donors (Lipinski definition) is 2. The van der Waals surface area contributed by atoms with Gasteiger partial charge < -0.3 is 9.64 Å². The van der Waals surface area contributed by atoms with Crippen molar-refractivity contribution in [2.75, 3.05) is 26.3 Å². The fourth-order valence-electron chi connectivity index (χ4n) is 5.38. The van der Waals surface area contributed by atoms with Crippen LogP contribution < -0.4 is 10.9 Å². The van der Waals surface area contributed by atoms with E-state index in [0.717, 1.165) is 38.3 Å². The van der Waals surface area contributed by atoms with Gasteiger partial charge in [-0.3, -0.25) is 10.2 Å². The Labute approximate surface area is 189 Å². The van der Waals surface area contributed by atoms with E-state index in [4.69, 9.17) is 10.00 Å². The summed E-state index contributed by atoms with van der Waals surface area (Å²) in [6.45, 7) is 7.52. The maximum absolute atomic E-state index is 13.2. The predicted octanol–water partition coefficient (Wildman–Crippen LogP) is 3.30. The molecule has 6 heteroatoms. The van der Waals surface area contributed by atoms with Gasteiger partial charge in [0, 0.05) is 43.1 Å². The van der Waals surface area contributed by atoms with Crippen LogP contribution in [0.5, 0.6) is 0 Å². The Morgan fingerprint density at radius 1 is 1.16 bits per heavy atom. The molecular weight excluding hydrogens is 400 g/mol. The van der Waals surface area contributed by atoms with Crippen molar-refractivity contribution in [3.63, 3.8) is 0 Å². The molecule has 2 aromatic rings. The van der Waals surface area contributed by atoms with E-state index in [-0.39, 0.29) is 11.9 Å². The number of likely N-dealkylation sites (tertiary alicyclic amines) is 1. The molecule has 3 saturated heterocycles. The monoisotopic (exact) mass is 430 g/mol. The van der Waals surface area contributed by atoms with E-state index in [1.807, 2.05) is 35.2 Å². The van der Waals surface area contributed by atoms with Gasteiger partial charge in [0.25, 0.3) is 5.91 Å². The SMILES string of the molecule is Cc1ccc(C(=O)N2CC(c3ccc(C#N)cc3)C2)cc1C1NNC(C2CCOC2)C1C. The summed E-state index contributed by atoms with van der Waals surface area (Å²) in [4.78, 5) is 15.1. The minimum atomic E-state index is 0.0931. The molecule has 0 aliphatic carbocycles. The predicted molar refractivity (Wildman–Crippen MR) is 122 cm³/mol. The maximum Gasteiger partial charge on any atom is 0.253 e. The Kier molecular flexibility index (Phi) is 5.73. The van der Waals surface area contributed by atoms with E-state index < -0.39 is 0 Å². The molecule has 4 unspecified atom stereocenters. The van der Waals surface area contributed by atoms with Crippen molar-refractivity contribution in [3.8, 4) is 6.07 Å². The van der Waals surface area contributed by atoms with Gasteiger partial charge in [-0.05, 0) is 60.2 Å². The second-order valence-corrected chi connectivity index (χ2v) is 9.49. The number of nitriles is 1. The van der Waals surface area contributed by atoms with Crippen molar-refractivity contribution < 1.29 is 9.53 Å². The van der Waals surface area contributed by atoms with Crippen LogP contribution in [0.4, 0.5) is 0 Å². The smallest absolute Gasteiger partial charge is 0.253 e. The number of hydrazine groups is 1. The van der Waals surface area contributed by atoms with Crippen LogP contribution in [0.15, 0.2) is 42.5 Å². The third kappa shape index (κ3) is 3.81. The van der Waals surface area contributed by atoms with Gasteiger partial charge in [0.1, 0.15) is 0 Å². The quantitative estimate of drug-likeness (QED) is 0.778. The highest BCUT2D eigenvalue weighted by Gasteiger charge is 2.40. The van der Waals surface area contributed by atoms with Crippen LogP contribution in [0.2, 0.25) is 0 Å². The molecule has 3 aliphatic heterocycles. The number of rotatable bonds is 4. The molecule has 6 nitrogen and oxygen atoms in total.